The number of Topliss-reactive ketones (excluding diaryl/α,β-unsaturated/α-hetero) is 1. The molecule has 0 aromatic heterocycles. The molecule has 1 aromatic rings. The number of carbonyl (C=O) groups excluding carboxylic acids is 6. The Morgan fingerprint density at radius 1 is 1.15 bits per heavy atom. The van der Waals surface area contributed by atoms with Crippen LogP contribution in [0.25, 0.3) is 0 Å². The first kappa shape index (κ1) is 32.6. The number of likely N-dealkylation sites (tertiary alicyclic amines) is 1. The molecule has 6 rings (SSSR count). The fourth-order valence-corrected chi connectivity index (χ4v) is 7.97. The molecule has 1 unspecified atom stereocenters. The Morgan fingerprint density at radius 3 is 2.55 bits per heavy atom. The van der Waals surface area contributed by atoms with Crippen molar-refractivity contribution in [3.05, 3.63) is 47.8 Å². The SMILES string of the molecule is C=C[C@@H]1C[C@]1(CC(=O)[C@@H]1CC(OC(=O)N2Cc3cccc(F)c3C2)CN1C(=O)CNC(=O)[C@H]1CCC(=O)O1)C(=O)NS(=O)(=O)C1CC1. The van der Waals surface area contributed by atoms with E-state index in [9.17, 15) is 41.6 Å². The van der Waals surface area contributed by atoms with E-state index in [0.717, 1.165) is 4.90 Å². The van der Waals surface area contributed by atoms with E-state index in [0.29, 0.717) is 24.0 Å². The molecule has 252 valence electrons. The minimum Gasteiger partial charge on any atom is -0.452 e. The second kappa shape index (κ2) is 12.4. The Balaban J connectivity index is 1.15. The highest BCUT2D eigenvalue weighted by Crippen LogP contribution is 2.57. The topological polar surface area (TPSA) is 186 Å². The number of ketones is 1. The number of hydrogen-bond donors (Lipinski definition) is 2. The van der Waals surface area contributed by atoms with E-state index in [2.05, 4.69) is 16.6 Å². The van der Waals surface area contributed by atoms with Crippen molar-refractivity contribution >= 4 is 45.6 Å². The lowest BCUT2D eigenvalue weighted by molar-refractivity contribution is -0.148. The minimum absolute atomic E-state index is 0.0132. The van der Waals surface area contributed by atoms with Gasteiger partial charge in [0.2, 0.25) is 21.8 Å². The van der Waals surface area contributed by atoms with Crippen LogP contribution in [0.1, 0.15) is 56.1 Å². The fraction of sp³-hybridized carbons (Fsp3) is 0.548. The molecule has 2 saturated heterocycles. The van der Waals surface area contributed by atoms with Gasteiger partial charge in [0.25, 0.3) is 5.91 Å². The molecule has 4 fully saturated rings. The van der Waals surface area contributed by atoms with E-state index in [1.165, 1.54) is 17.0 Å². The number of allylic oxidation sites excluding steroid dienone is 1. The first-order chi connectivity index (χ1) is 22.3. The highest BCUT2D eigenvalue weighted by molar-refractivity contribution is 7.90. The summed E-state index contributed by atoms with van der Waals surface area (Å²) in [6, 6.07) is 3.38. The number of cyclic esters (lactones) is 1. The Kier molecular flexibility index (Phi) is 8.57. The van der Waals surface area contributed by atoms with Gasteiger partial charge in [0, 0.05) is 37.8 Å². The van der Waals surface area contributed by atoms with Crippen LogP contribution in [0.5, 0.6) is 0 Å². The van der Waals surface area contributed by atoms with Crippen LogP contribution in [-0.2, 0) is 56.6 Å². The highest BCUT2D eigenvalue weighted by atomic mass is 32.2. The van der Waals surface area contributed by atoms with Gasteiger partial charge in [-0.3, -0.25) is 33.6 Å². The molecule has 5 atom stereocenters. The van der Waals surface area contributed by atoms with Gasteiger partial charge in [0.05, 0.1) is 36.3 Å². The van der Waals surface area contributed by atoms with Crippen LogP contribution >= 0.6 is 0 Å². The molecule has 2 N–H and O–H groups in total. The molecule has 0 radical (unpaired) electrons. The third-order valence-corrected chi connectivity index (χ3v) is 11.4. The third-order valence-electron chi connectivity index (χ3n) is 9.56. The molecule has 2 aliphatic carbocycles. The van der Waals surface area contributed by atoms with Crippen molar-refractivity contribution in [3.63, 3.8) is 0 Å². The van der Waals surface area contributed by atoms with Gasteiger partial charge in [-0.15, -0.1) is 6.58 Å². The maximum Gasteiger partial charge on any atom is 0.410 e. The minimum atomic E-state index is -3.89. The van der Waals surface area contributed by atoms with E-state index in [4.69, 9.17) is 9.47 Å². The average molecular weight is 675 g/mol. The lowest BCUT2D eigenvalue weighted by Gasteiger charge is -2.25. The van der Waals surface area contributed by atoms with Crippen LogP contribution in [0.2, 0.25) is 0 Å². The zero-order chi connectivity index (χ0) is 33.7. The summed E-state index contributed by atoms with van der Waals surface area (Å²) in [6.45, 7) is 3.07. The molecule has 1 aromatic carbocycles. The van der Waals surface area contributed by atoms with E-state index in [1.54, 1.807) is 12.1 Å². The van der Waals surface area contributed by atoms with E-state index >= 15 is 0 Å². The number of nitrogens with one attached hydrogen (secondary N) is 2. The number of nitrogens with zero attached hydrogens (tertiary/aromatic N) is 2. The zero-order valence-corrected chi connectivity index (χ0v) is 26.3. The number of sulfonamides is 1. The smallest absolute Gasteiger partial charge is 0.410 e. The van der Waals surface area contributed by atoms with E-state index in [-0.39, 0.29) is 45.3 Å². The molecule has 0 spiro atoms. The Morgan fingerprint density at radius 2 is 1.91 bits per heavy atom. The summed E-state index contributed by atoms with van der Waals surface area (Å²) in [6.07, 6.45) is -0.467. The number of rotatable bonds is 11. The summed E-state index contributed by atoms with van der Waals surface area (Å²) in [5, 5.41) is 1.77. The van der Waals surface area contributed by atoms with Crippen molar-refractivity contribution in [1.29, 1.82) is 0 Å². The van der Waals surface area contributed by atoms with E-state index < -0.39 is 99.2 Å². The summed E-state index contributed by atoms with van der Waals surface area (Å²) in [4.78, 5) is 80.0. The Labute approximate surface area is 270 Å². The second-order valence-electron chi connectivity index (χ2n) is 12.8. The molecule has 16 heteroatoms. The van der Waals surface area contributed by atoms with Gasteiger partial charge in [-0.05, 0) is 36.8 Å². The molecule has 3 heterocycles. The average Bonchev–Trinajstić information content (AvgIpc) is 3.85. The Hall–Kier alpha value is -4.34. The predicted octanol–water partition coefficient (Wildman–Crippen LogP) is 0.829. The predicted molar refractivity (Wildman–Crippen MR) is 159 cm³/mol. The summed E-state index contributed by atoms with van der Waals surface area (Å²) < 4.78 is 52.0. The van der Waals surface area contributed by atoms with Crippen molar-refractivity contribution < 1.29 is 51.0 Å². The molecule has 0 bridgehead atoms. The number of halogens is 1. The maximum atomic E-state index is 14.3. The highest BCUT2D eigenvalue weighted by Gasteiger charge is 2.61. The van der Waals surface area contributed by atoms with Crippen LogP contribution in [-0.4, -0.2) is 90.4 Å². The second-order valence-corrected chi connectivity index (χ2v) is 14.8. The number of amides is 4. The molecule has 2 saturated carbocycles. The summed E-state index contributed by atoms with van der Waals surface area (Å²) in [7, 11) is -3.89. The van der Waals surface area contributed by atoms with Crippen LogP contribution in [0, 0.1) is 17.2 Å². The number of carbonyl (C=O) groups is 6. The van der Waals surface area contributed by atoms with Gasteiger partial charge in [-0.2, -0.15) is 0 Å². The first-order valence-corrected chi connectivity index (χ1v) is 17.1. The number of benzene rings is 1. The summed E-state index contributed by atoms with van der Waals surface area (Å²) in [5.74, 6) is -4.15. The van der Waals surface area contributed by atoms with Crippen molar-refractivity contribution in [2.24, 2.45) is 11.3 Å². The fourth-order valence-electron chi connectivity index (χ4n) is 6.59. The zero-order valence-electron chi connectivity index (χ0n) is 25.4. The molecular formula is C31H35FN4O10S. The summed E-state index contributed by atoms with van der Waals surface area (Å²) >= 11 is 0. The van der Waals surface area contributed by atoms with Gasteiger partial charge in [-0.25, -0.2) is 17.6 Å². The van der Waals surface area contributed by atoms with Gasteiger partial charge in [-0.1, -0.05) is 18.2 Å². The normalized spacial score (nSPS) is 27.9. The summed E-state index contributed by atoms with van der Waals surface area (Å²) in [5.41, 5.74) is -0.357. The number of esters is 1. The lowest BCUT2D eigenvalue weighted by atomic mass is 9.91. The number of ether oxygens (including phenoxy) is 2. The first-order valence-electron chi connectivity index (χ1n) is 15.5. The number of hydrogen-bond acceptors (Lipinski definition) is 10. The van der Waals surface area contributed by atoms with Gasteiger partial charge >= 0.3 is 12.1 Å². The van der Waals surface area contributed by atoms with Crippen molar-refractivity contribution in [1.82, 2.24) is 19.8 Å². The largest absolute Gasteiger partial charge is 0.452 e. The van der Waals surface area contributed by atoms with Gasteiger partial charge in [0.1, 0.15) is 11.9 Å². The van der Waals surface area contributed by atoms with Crippen molar-refractivity contribution in [2.75, 3.05) is 13.1 Å². The molecule has 14 nitrogen and oxygen atoms in total. The van der Waals surface area contributed by atoms with Gasteiger partial charge in [0.15, 0.2) is 11.9 Å². The third kappa shape index (κ3) is 6.60. The molecule has 47 heavy (non-hydrogen) atoms. The van der Waals surface area contributed by atoms with Crippen molar-refractivity contribution in [3.8, 4) is 0 Å². The lowest BCUT2D eigenvalue weighted by Crippen LogP contribution is -2.48. The molecule has 5 aliphatic rings. The Bertz CT molecular complexity index is 1660. The number of fused-ring (bicyclic) bond motifs is 1. The standard InChI is InChI=1S/C31H35FN4O10S/c1-2-18-11-31(18,29(41)34-47(43,44)20-6-7-20)12-24(37)23-10-19(45-30(42)35-14-17-4-3-5-22(32)21(17)16-35)15-36(23)26(38)13-33-28(40)25-8-9-27(39)46-25/h2-5,18-20,23,25H,1,6-16H2,(H,33,40)(H,34,41)/t18-,19?,23+,25-,31-/m1/s1. The van der Waals surface area contributed by atoms with Crippen molar-refractivity contribution in [2.45, 2.75) is 81.5 Å². The van der Waals surface area contributed by atoms with E-state index in [1.807, 2.05) is 0 Å². The van der Waals surface area contributed by atoms with Crippen LogP contribution in [0.3, 0.4) is 0 Å². The van der Waals surface area contributed by atoms with Gasteiger partial charge < -0.3 is 19.7 Å². The van der Waals surface area contributed by atoms with Crippen LogP contribution in [0.15, 0.2) is 30.9 Å². The maximum absolute atomic E-state index is 14.3. The monoisotopic (exact) mass is 674 g/mol. The van der Waals surface area contributed by atoms with Crippen LogP contribution < -0.4 is 10.0 Å². The molecular weight excluding hydrogens is 639 g/mol. The molecule has 4 amide bonds. The quantitative estimate of drug-likeness (QED) is 0.252. The van der Waals surface area contributed by atoms with Crippen LogP contribution in [0.4, 0.5) is 9.18 Å². The molecule has 3 aliphatic heterocycles.